The fraction of sp³-hybridized carbons (Fsp3) is 0.583. The largest absolute Gasteiger partial charge is 0.486 e. The van der Waals surface area contributed by atoms with Crippen molar-refractivity contribution in [3.63, 3.8) is 0 Å². The summed E-state index contributed by atoms with van der Waals surface area (Å²) in [6.07, 6.45) is 10.2. The lowest BCUT2D eigenvalue weighted by Crippen LogP contribution is -2.46. The highest BCUT2D eigenvalue weighted by Gasteiger charge is 2.37. The topological polar surface area (TPSA) is 63.9 Å². The Hall–Kier alpha value is -1.97. The van der Waals surface area contributed by atoms with E-state index in [1.165, 1.54) is 36.8 Å². The van der Waals surface area contributed by atoms with Gasteiger partial charge in [0, 0.05) is 51.3 Å². The third-order valence-corrected chi connectivity index (χ3v) is 7.20. The van der Waals surface area contributed by atoms with Gasteiger partial charge in [-0.25, -0.2) is 0 Å². The molecule has 32 heavy (non-hydrogen) atoms. The van der Waals surface area contributed by atoms with Crippen LogP contribution in [0.2, 0.25) is 0 Å². The van der Waals surface area contributed by atoms with Gasteiger partial charge in [-0.1, -0.05) is 18.9 Å². The third kappa shape index (κ3) is 4.56. The van der Waals surface area contributed by atoms with Crippen LogP contribution in [0.4, 0.5) is 0 Å². The Bertz CT molecular complexity index is 954. The Balaban J connectivity index is 0.00000245. The molecule has 3 heterocycles. The van der Waals surface area contributed by atoms with Crippen LogP contribution in [0.1, 0.15) is 49.1 Å². The number of hydrogen-bond donors (Lipinski definition) is 1. The molecular weight excluding hydrogens is 517 g/mol. The summed E-state index contributed by atoms with van der Waals surface area (Å²) in [6.45, 7) is 4.17. The van der Waals surface area contributed by atoms with Gasteiger partial charge in [0.2, 0.25) is 0 Å². The molecule has 1 aromatic heterocycles. The summed E-state index contributed by atoms with van der Waals surface area (Å²) >= 11 is 0. The molecule has 0 amide bonds. The van der Waals surface area contributed by atoms with Crippen molar-refractivity contribution in [2.75, 3.05) is 39.9 Å². The number of guanidine groups is 1. The van der Waals surface area contributed by atoms with Crippen molar-refractivity contribution in [2.24, 2.45) is 12.0 Å². The first-order valence-corrected chi connectivity index (χ1v) is 11.5. The number of ether oxygens (including phenoxy) is 2. The molecule has 1 saturated carbocycles. The monoisotopic (exact) mass is 551 g/mol. The van der Waals surface area contributed by atoms with Crippen molar-refractivity contribution in [3.8, 4) is 11.5 Å². The van der Waals surface area contributed by atoms with Gasteiger partial charge >= 0.3 is 0 Å². The molecule has 1 aromatic carbocycles. The summed E-state index contributed by atoms with van der Waals surface area (Å²) in [5, 5.41) is 8.08. The first-order chi connectivity index (χ1) is 15.2. The van der Waals surface area contributed by atoms with Crippen LogP contribution in [0.25, 0.3) is 0 Å². The third-order valence-electron chi connectivity index (χ3n) is 7.20. The minimum atomic E-state index is 0. The maximum atomic E-state index is 5.87. The minimum Gasteiger partial charge on any atom is -0.486 e. The molecule has 2 aromatic rings. The molecule has 7 nitrogen and oxygen atoms in total. The van der Waals surface area contributed by atoms with Crippen molar-refractivity contribution >= 4 is 29.9 Å². The number of aromatic nitrogens is 2. The maximum Gasteiger partial charge on any atom is 0.193 e. The van der Waals surface area contributed by atoms with Crippen LogP contribution >= 0.6 is 24.0 Å². The van der Waals surface area contributed by atoms with Crippen LogP contribution in [0.3, 0.4) is 0 Å². The molecule has 1 aliphatic carbocycles. The summed E-state index contributed by atoms with van der Waals surface area (Å²) < 4.78 is 13.5. The average Bonchev–Trinajstić information content (AvgIpc) is 3.55. The predicted molar refractivity (Wildman–Crippen MR) is 136 cm³/mol. The zero-order valence-corrected chi connectivity index (χ0v) is 21.4. The van der Waals surface area contributed by atoms with Gasteiger partial charge in [-0.2, -0.15) is 5.10 Å². The normalized spacial score (nSPS) is 22.0. The van der Waals surface area contributed by atoms with Gasteiger partial charge in [-0.3, -0.25) is 9.67 Å². The Morgan fingerprint density at radius 1 is 1.22 bits per heavy atom. The Morgan fingerprint density at radius 3 is 2.72 bits per heavy atom. The number of nitrogens with one attached hydrogen (secondary N) is 1. The van der Waals surface area contributed by atoms with Gasteiger partial charge in [0.15, 0.2) is 17.5 Å². The fourth-order valence-electron chi connectivity index (χ4n) is 5.45. The smallest absolute Gasteiger partial charge is 0.193 e. The van der Waals surface area contributed by atoms with Crippen LogP contribution < -0.4 is 14.8 Å². The van der Waals surface area contributed by atoms with E-state index in [-0.39, 0.29) is 29.4 Å². The number of aliphatic imine (C=N–C) groups is 1. The summed E-state index contributed by atoms with van der Waals surface area (Å²) in [4.78, 5) is 7.02. The number of benzene rings is 1. The van der Waals surface area contributed by atoms with Crippen molar-refractivity contribution < 1.29 is 9.47 Å². The summed E-state index contributed by atoms with van der Waals surface area (Å²) in [6, 6.07) is 6.52. The molecule has 1 N–H and O–H groups in total. The van der Waals surface area contributed by atoms with E-state index in [4.69, 9.17) is 9.47 Å². The van der Waals surface area contributed by atoms with Gasteiger partial charge in [0.25, 0.3) is 0 Å². The first kappa shape index (κ1) is 23.2. The highest BCUT2D eigenvalue weighted by Crippen LogP contribution is 2.44. The number of fused-ring (bicyclic) bond motifs is 1. The molecule has 0 spiro atoms. The molecule has 5 rings (SSSR count). The molecule has 8 heteroatoms. The Kier molecular flexibility index (Phi) is 7.17. The van der Waals surface area contributed by atoms with Gasteiger partial charge in [0.1, 0.15) is 13.2 Å². The summed E-state index contributed by atoms with van der Waals surface area (Å²) in [5.41, 5.74) is 2.80. The number of hydrogen-bond acceptors (Lipinski definition) is 4. The number of rotatable bonds is 4. The lowest BCUT2D eigenvalue weighted by Gasteiger charge is -2.33. The second kappa shape index (κ2) is 9.89. The van der Waals surface area contributed by atoms with E-state index in [9.17, 15) is 0 Å². The molecule has 1 atom stereocenters. The first-order valence-electron chi connectivity index (χ1n) is 11.5. The zero-order valence-electron chi connectivity index (χ0n) is 19.0. The van der Waals surface area contributed by atoms with Crippen LogP contribution in [-0.2, 0) is 12.5 Å². The Morgan fingerprint density at radius 2 is 2.00 bits per heavy atom. The van der Waals surface area contributed by atoms with Crippen molar-refractivity contribution in [1.82, 2.24) is 20.0 Å². The molecule has 2 aliphatic heterocycles. The lowest BCUT2D eigenvalue weighted by molar-refractivity contribution is 0.171. The zero-order chi connectivity index (χ0) is 21.3. The number of likely N-dealkylation sites (tertiary alicyclic amines) is 1. The van der Waals surface area contributed by atoms with E-state index >= 15 is 0 Å². The molecule has 2 fully saturated rings. The van der Waals surface area contributed by atoms with Crippen molar-refractivity contribution in [1.29, 1.82) is 0 Å². The van der Waals surface area contributed by atoms with Gasteiger partial charge in [-0.15, -0.1) is 24.0 Å². The SMILES string of the molecule is CN=C(NCC1(c2ccc3c(c2)OCCO3)CCCC1)N1CCC(c2cnn(C)c2)C1.I. The Labute approximate surface area is 207 Å². The standard InChI is InChI=1S/C24H33N5O2.HI/c1-25-23(29-10-7-18(16-29)19-14-27-28(2)15-19)26-17-24(8-3-4-9-24)20-5-6-21-22(13-20)31-12-11-30-21;/h5-6,13-15,18H,3-4,7-12,16-17H2,1-2H3,(H,25,26);1H. The summed E-state index contributed by atoms with van der Waals surface area (Å²) in [5.74, 6) is 3.28. The molecule has 1 unspecified atom stereocenters. The quantitative estimate of drug-likeness (QED) is 0.357. The van der Waals surface area contributed by atoms with Crippen molar-refractivity contribution in [3.05, 3.63) is 41.7 Å². The number of nitrogens with zero attached hydrogens (tertiary/aromatic N) is 4. The fourth-order valence-corrected chi connectivity index (χ4v) is 5.45. The molecule has 3 aliphatic rings. The molecule has 0 bridgehead atoms. The molecule has 174 valence electrons. The maximum absolute atomic E-state index is 5.87. The van der Waals surface area contributed by atoms with E-state index in [2.05, 4.69) is 44.7 Å². The summed E-state index contributed by atoms with van der Waals surface area (Å²) in [7, 11) is 3.88. The predicted octanol–water partition coefficient (Wildman–Crippen LogP) is 3.69. The van der Waals surface area contributed by atoms with E-state index in [1.54, 1.807) is 0 Å². The van der Waals surface area contributed by atoms with Crippen LogP contribution in [0, 0.1) is 0 Å². The minimum absolute atomic E-state index is 0. The average molecular weight is 551 g/mol. The molecular formula is C24H34IN5O2. The van der Waals surface area contributed by atoms with E-state index in [1.807, 2.05) is 25.0 Å². The molecule has 0 radical (unpaired) electrons. The lowest BCUT2D eigenvalue weighted by atomic mass is 9.78. The van der Waals surface area contributed by atoms with Gasteiger partial charge in [-0.05, 0) is 42.5 Å². The molecule has 1 saturated heterocycles. The van der Waals surface area contributed by atoms with E-state index in [0.717, 1.165) is 43.5 Å². The van der Waals surface area contributed by atoms with Gasteiger partial charge in [0.05, 0.1) is 6.20 Å². The van der Waals surface area contributed by atoms with Crippen LogP contribution in [-0.4, -0.2) is 60.5 Å². The van der Waals surface area contributed by atoms with Gasteiger partial charge < -0.3 is 19.7 Å². The van der Waals surface area contributed by atoms with E-state index in [0.29, 0.717) is 19.1 Å². The van der Waals surface area contributed by atoms with Crippen LogP contribution in [0.5, 0.6) is 11.5 Å². The highest BCUT2D eigenvalue weighted by molar-refractivity contribution is 14.0. The second-order valence-corrected chi connectivity index (χ2v) is 9.13. The second-order valence-electron chi connectivity index (χ2n) is 9.13. The van der Waals surface area contributed by atoms with Crippen LogP contribution in [0.15, 0.2) is 35.6 Å². The highest BCUT2D eigenvalue weighted by atomic mass is 127. The number of halogens is 1. The number of aryl methyl sites for hydroxylation is 1. The van der Waals surface area contributed by atoms with Crippen molar-refractivity contribution in [2.45, 2.75) is 43.4 Å². The van der Waals surface area contributed by atoms with E-state index < -0.39 is 0 Å².